The van der Waals surface area contributed by atoms with Gasteiger partial charge in [-0.25, -0.2) is 0 Å². The Morgan fingerprint density at radius 1 is 1.46 bits per heavy atom. The van der Waals surface area contributed by atoms with Crippen LogP contribution < -0.4 is 0 Å². The predicted molar refractivity (Wildman–Crippen MR) is 52.4 cm³/mol. The monoisotopic (exact) mass is 188 g/mol. The van der Waals surface area contributed by atoms with E-state index in [2.05, 4.69) is 0 Å². The smallest absolute Gasteiger partial charge is 0.105 e. The van der Waals surface area contributed by atoms with E-state index < -0.39 is 18.3 Å². The van der Waals surface area contributed by atoms with Crippen molar-refractivity contribution in [3.8, 4) is 0 Å². The molecule has 13 heavy (non-hydrogen) atoms. The van der Waals surface area contributed by atoms with Gasteiger partial charge in [-0.15, -0.1) is 0 Å². The van der Waals surface area contributed by atoms with Gasteiger partial charge in [-0.3, -0.25) is 0 Å². The first kappa shape index (κ1) is 12.6. The SMILES string of the molecule is CC(C)=CCCC(C)(O)C(O)CO. The van der Waals surface area contributed by atoms with Gasteiger partial charge in [0.1, 0.15) is 6.10 Å². The number of aliphatic hydroxyl groups is 3. The summed E-state index contributed by atoms with van der Waals surface area (Å²) in [5.74, 6) is 0. The van der Waals surface area contributed by atoms with Gasteiger partial charge in [-0.05, 0) is 33.6 Å². The third kappa shape index (κ3) is 5.03. The lowest BCUT2D eigenvalue weighted by Gasteiger charge is -2.27. The molecule has 0 heterocycles. The van der Waals surface area contributed by atoms with Crippen LogP contribution in [0.4, 0.5) is 0 Å². The minimum Gasteiger partial charge on any atom is -0.394 e. The van der Waals surface area contributed by atoms with Gasteiger partial charge in [0, 0.05) is 0 Å². The lowest BCUT2D eigenvalue weighted by molar-refractivity contribution is -0.0866. The zero-order valence-electron chi connectivity index (χ0n) is 8.62. The Kier molecular flexibility index (Phi) is 5.21. The van der Waals surface area contributed by atoms with Crippen molar-refractivity contribution in [2.75, 3.05) is 6.61 Å². The molecular weight excluding hydrogens is 168 g/mol. The van der Waals surface area contributed by atoms with E-state index in [0.29, 0.717) is 12.8 Å². The standard InChI is InChI=1S/C10H20O3/c1-8(2)5-4-6-10(3,13)9(12)7-11/h5,9,11-13H,4,6-7H2,1-3H3. The van der Waals surface area contributed by atoms with Crippen LogP contribution in [0.25, 0.3) is 0 Å². The summed E-state index contributed by atoms with van der Waals surface area (Å²) in [7, 11) is 0. The second-order valence-electron chi connectivity index (χ2n) is 3.88. The summed E-state index contributed by atoms with van der Waals surface area (Å²) >= 11 is 0. The molecule has 3 N–H and O–H groups in total. The highest BCUT2D eigenvalue weighted by Gasteiger charge is 2.28. The van der Waals surface area contributed by atoms with Crippen LogP contribution in [-0.4, -0.2) is 33.6 Å². The average Bonchev–Trinajstić information content (AvgIpc) is 2.01. The molecule has 3 heteroatoms. The first-order chi connectivity index (χ1) is 5.90. The van der Waals surface area contributed by atoms with Gasteiger partial charge in [-0.2, -0.15) is 0 Å². The van der Waals surface area contributed by atoms with Crippen molar-refractivity contribution < 1.29 is 15.3 Å². The van der Waals surface area contributed by atoms with E-state index in [4.69, 9.17) is 5.11 Å². The van der Waals surface area contributed by atoms with Crippen molar-refractivity contribution in [1.82, 2.24) is 0 Å². The third-order valence-corrected chi connectivity index (χ3v) is 2.09. The van der Waals surface area contributed by atoms with Crippen LogP contribution in [0.5, 0.6) is 0 Å². The molecule has 0 spiro atoms. The van der Waals surface area contributed by atoms with Gasteiger partial charge in [0.25, 0.3) is 0 Å². The lowest BCUT2D eigenvalue weighted by atomic mass is 9.93. The van der Waals surface area contributed by atoms with E-state index in [1.165, 1.54) is 12.5 Å². The molecule has 0 amide bonds. The molecular formula is C10H20O3. The maximum atomic E-state index is 9.66. The third-order valence-electron chi connectivity index (χ3n) is 2.09. The Morgan fingerprint density at radius 2 is 2.00 bits per heavy atom. The van der Waals surface area contributed by atoms with E-state index in [1.54, 1.807) is 0 Å². The zero-order valence-corrected chi connectivity index (χ0v) is 8.62. The maximum absolute atomic E-state index is 9.66. The fourth-order valence-corrected chi connectivity index (χ4v) is 1.02. The lowest BCUT2D eigenvalue weighted by Crippen LogP contribution is -2.41. The molecule has 0 aliphatic rings. The van der Waals surface area contributed by atoms with Crippen molar-refractivity contribution in [2.24, 2.45) is 0 Å². The predicted octanol–water partition coefficient (Wildman–Crippen LogP) is 0.837. The summed E-state index contributed by atoms with van der Waals surface area (Å²) in [6, 6.07) is 0. The Hall–Kier alpha value is -0.380. The van der Waals surface area contributed by atoms with E-state index in [1.807, 2.05) is 19.9 Å². The average molecular weight is 188 g/mol. The fourth-order valence-electron chi connectivity index (χ4n) is 1.02. The van der Waals surface area contributed by atoms with Gasteiger partial charge in [0.15, 0.2) is 0 Å². The normalized spacial score (nSPS) is 17.7. The van der Waals surface area contributed by atoms with Crippen LogP contribution in [0.15, 0.2) is 11.6 Å². The first-order valence-corrected chi connectivity index (χ1v) is 4.55. The van der Waals surface area contributed by atoms with Crippen LogP contribution in [-0.2, 0) is 0 Å². The maximum Gasteiger partial charge on any atom is 0.105 e. The van der Waals surface area contributed by atoms with Crippen LogP contribution in [0.3, 0.4) is 0 Å². The van der Waals surface area contributed by atoms with E-state index in [-0.39, 0.29) is 0 Å². The van der Waals surface area contributed by atoms with Crippen molar-refractivity contribution >= 4 is 0 Å². The Bertz CT molecular complexity index is 169. The fraction of sp³-hybridized carbons (Fsp3) is 0.800. The second kappa shape index (κ2) is 5.37. The number of aliphatic hydroxyl groups excluding tert-OH is 2. The van der Waals surface area contributed by atoms with Gasteiger partial charge in [0.2, 0.25) is 0 Å². The molecule has 0 saturated carbocycles. The zero-order chi connectivity index (χ0) is 10.5. The minimum atomic E-state index is -1.19. The molecule has 0 aliphatic carbocycles. The molecule has 0 aromatic heterocycles. The molecule has 0 rings (SSSR count). The summed E-state index contributed by atoms with van der Waals surface area (Å²) in [6.45, 7) is 5.10. The Morgan fingerprint density at radius 3 is 2.38 bits per heavy atom. The molecule has 0 saturated heterocycles. The number of hydrogen-bond donors (Lipinski definition) is 3. The molecule has 0 fully saturated rings. The molecule has 0 aromatic carbocycles. The molecule has 78 valence electrons. The molecule has 0 aromatic rings. The largest absolute Gasteiger partial charge is 0.394 e. The van der Waals surface area contributed by atoms with Crippen molar-refractivity contribution in [3.05, 3.63) is 11.6 Å². The minimum absolute atomic E-state index is 0.401. The Balaban J connectivity index is 3.96. The van der Waals surface area contributed by atoms with Gasteiger partial charge in [-0.1, -0.05) is 11.6 Å². The van der Waals surface area contributed by atoms with E-state index in [0.717, 1.165) is 0 Å². The number of allylic oxidation sites excluding steroid dienone is 2. The topological polar surface area (TPSA) is 60.7 Å². The molecule has 2 atom stereocenters. The summed E-state index contributed by atoms with van der Waals surface area (Å²) < 4.78 is 0. The van der Waals surface area contributed by atoms with Gasteiger partial charge < -0.3 is 15.3 Å². The summed E-state index contributed by atoms with van der Waals surface area (Å²) in [5.41, 5.74) is -0.00459. The van der Waals surface area contributed by atoms with Crippen LogP contribution in [0, 0.1) is 0 Å². The molecule has 2 unspecified atom stereocenters. The molecule has 0 bridgehead atoms. The summed E-state index contributed by atoms with van der Waals surface area (Å²) in [5, 5.41) is 27.5. The Labute approximate surface area is 79.7 Å². The summed E-state index contributed by atoms with van der Waals surface area (Å²) in [6.07, 6.45) is 2.11. The molecule has 0 aliphatic heterocycles. The second-order valence-corrected chi connectivity index (χ2v) is 3.88. The van der Waals surface area contributed by atoms with Gasteiger partial charge in [0.05, 0.1) is 12.2 Å². The highest BCUT2D eigenvalue weighted by Crippen LogP contribution is 2.17. The van der Waals surface area contributed by atoms with Crippen LogP contribution >= 0.6 is 0 Å². The van der Waals surface area contributed by atoms with Crippen molar-refractivity contribution in [2.45, 2.75) is 45.3 Å². The van der Waals surface area contributed by atoms with Crippen LogP contribution in [0.2, 0.25) is 0 Å². The number of hydrogen-bond acceptors (Lipinski definition) is 3. The van der Waals surface area contributed by atoms with Gasteiger partial charge >= 0.3 is 0 Å². The summed E-state index contributed by atoms with van der Waals surface area (Å²) in [4.78, 5) is 0. The van der Waals surface area contributed by atoms with Crippen molar-refractivity contribution in [3.63, 3.8) is 0 Å². The number of rotatable bonds is 5. The highest BCUT2D eigenvalue weighted by atomic mass is 16.4. The van der Waals surface area contributed by atoms with E-state index >= 15 is 0 Å². The first-order valence-electron chi connectivity index (χ1n) is 4.55. The quantitative estimate of drug-likeness (QED) is 0.560. The van der Waals surface area contributed by atoms with Crippen molar-refractivity contribution in [1.29, 1.82) is 0 Å². The van der Waals surface area contributed by atoms with E-state index in [9.17, 15) is 10.2 Å². The molecule has 0 radical (unpaired) electrons. The molecule has 3 nitrogen and oxygen atoms in total. The highest BCUT2D eigenvalue weighted by molar-refractivity contribution is 4.95. The van der Waals surface area contributed by atoms with Crippen LogP contribution in [0.1, 0.15) is 33.6 Å².